The molecule has 122 valence electrons. The predicted molar refractivity (Wildman–Crippen MR) is 93.7 cm³/mol. The van der Waals surface area contributed by atoms with Crippen LogP contribution in [0, 0.1) is 5.82 Å². The number of thiocarbonyl (C=S) groups is 1. The van der Waals surface area contributed by atoms with Crippen LogP contribution in [0.5, 0.6) is 11.5 Å². The molecule has 4 nitrogen and oxygen atoms in total. The number of hydrogen-bond acceptors (Lipinski definition) is 3. The lowest BCUT2D eigenvalue weighted by atomic mass is 10.1. The summed E-state index contributed by atoms with van der Waals surface area (Å²) in [6, 6.07) is 11.8. The van der Waals surface area contributed by atoms with Gasteiger partial charge in [-0.15, -0.1) is 0 Å². The summed E-state index contributed by atoms with van der Waals surface area (Å²) in [6.45, 7) is 1.94. The fraction of sp³-hybridized carbons (Fsp3) is 0.235. The summed E-state index contributed by atoms with van der Waals surface area (Å²) < 4.78 is 24.2. The molecule has 6 heteroatoms. The van der Waals surface area contributed by atoms with Crippen LogP contribution in [-0.2, 0) is 0 Å². The summed E-state index contributed by atoms with van der Waals surface area (Å²) in [4.78, 5) is 0. The second kappa shape index (κ2) is 7.78. The van der Waals surface area contributed by atoms with E-state index in [-0.39, 0.29) is 11.9 Å². The first-order valence-electron chi connectivity index (χ1n) is 7.09. The fourth-order valence-corrected chi connectivity index (χ4v) is 2.46. The number of anilines is 1. The van der Waals surface area contributed by atoms with Gasteiger partial charge in [0.15, 0.2) is 5.11 Å². The van der Waals surface area contributed by atoms with Gasteiger partial charge in [-0.1, -0.05) is 12.1 Å². The summed E-state index contributed by atoms with van der Waals surface area (Å²) in [6.07, 6.45) is 0. The summed E-state index contributed by atoms with van der Waals surface area (Å²) in [5.74, 6) is 1.09. The van der Waals surface area contributed by atoms with Gasteiger partial charge >= 0.3 is 0 Å². The highest BCUT2D eigenvalue weighted by Gasteiger charge is 2.14. The lowest BCUT2D eigenvalue weighted by Crippen LogP contribution is -2.31. The Morgan fingerprint density at radius 2 is 1.87 bits per heavy atom. The van der Waals surface area contributed by atoms with E-state index in [0.29, 0.717) is 10.8 Å². The Morgan fingerprint density at radius 3 is 2.52 bits per heavy atom. The second-order valence-corrected chi connectivity index (χ2v) is 5.32. The van der Waals surface area contributed by atoms with Crippen molar-refractivity contribution in [3.05, 3.63) is 53.8 Å². The molecule has 0 bridgehead atoms. The maximum absolute atomic E-state index is 13.6. The molecule has 0 spiro atoms. The molecule has 0 aliphatic carbocycles. The van der Waals surface area contributed by atoms with E-state index in [1.807, 2.05) is 25.1 Å². The molecule has 1 unspecified atom stereocenters. The first kappa shape index (κ1) is 17.0. The molecule has 2 aromatic carbocycles. The lowest BCUT2D eigenvalue weighted by molar-refractivity contribution is 0.395. The second-order valence-electron chi connectivity index (χ2n) is 4.91. The van der Waals surface area contributed by atoms with Gasteiger partial charge in [-0.2, -0.15) is 0 Å². The summed E-state index contributed by atoms with van der Waals surface area (Å²) in [5, 5.41) is 6.29. The molecule has 0 saturated carbocycles. The normalized spacial score (nSPS) is 11.5. The Kier molecular flexibility index (Phi) is 5.76. The van der Waals surface area contributed by atoms with E-state index in [1.165, 1.54) is 6.07 Å². The minimum atomic E-state index is -0.358. The molecule has 2 N–H and O–H groups in total. The Bertz CT molecular complexity index is 694. The van der Waals surface area contributed by atoms with Crippen LogP contribution in [0.25, 0.3) is 0 Å². The van der Waals surface area contributed by atoms with Crippen molar-refractivity contribution in [3.8, 4) is 11.5 Å². The smallest absolute Gasteiger partial charge is 0.171 e. The number of nitrogens with one attached hydrogen (secondary N) is 2. The number of ether oxygens (including phenoxy) is 2. The van der Waals surface area contributed by atoms with E-state index in [4.69, 9.17) is 21.7 Å². The van der Waals surface area contributed by atoms with Crippen molar-refractivity contribution in [2.45, 2.75) is 13.0 Å². The van der Waals surface area contributed by atoms with Crippen LogP contribution in [0.4, 0.5) is 10.1 Å². The van der Waals surface area contributed by atoms with Crippen molar-refractivity contribution in [2.75, 3.05) is 19.5 Å². The molecule has 2 rings (SSSR count). The predicted octanol–water partition coefficient (Wildman–Crippen LogP) is 3.89. The van der Waals surface area contributed by atoms with Crippen molar-refractivity contribution in [3.63, 3.8) is 0 Å². The number of para-hydroxylation sites is 1. The summed E-state index contributed by atoms with van der Waals surface area (Å²) in [5.41, 5.74) is 1.22. The van der Waals surface area contributed by atoms with Gasteiger partial charge in [-0.05, 0) is 49.5 Å². The van der Waals surface area contributed by atoms with Gasteiger partial charge in [0.05, 0.1) is 25.9 Å². The molecule has 1 atom stereocenters. The van der Waals surface area contributed by atoms with Gasteiger partial charge in [0.2, 0.25) is 0 Å². The van der Waals surface area contributed by atoms with E-state index in [0.717, 1.165) is 17.1 Å². The van der Waals surface area contributed by atoms with E-state index < -0.39 is 0 Å². The molecule has 0 aliphatic rings. The maximum Gasteiger partial charge on any atom is 0.171 e. The third-order valence-corrected chi connectivity index (χ3v) is 3.59. The highest BCUT2D eigenvalue weighted by molar-refractivity contribution is 7.80. The Morgan fingerprint density at radius 1 is 1.13 bits per heavy atom. The average Bonchev–Trinajstić information content (AvgIpc) is 2.56. The van der Waals surface area contributed by atoms with E-state index in [9.17, 15) is 4.39 Å². The molecule has 0 aromatic heterocycles. The van der Waals surface area contributed by atoms with Gasteiger partial charge in [0, 0.05) is 5.56 Å². The maximum atomic E-state index is 13.6. The van der Waals surface area contributed by atoms with Gasteiger partial charge in [-0.3, -0.25) is 0 Å². The third-order valence-electron chi connectivity index (χ3n) is 3.37. The molecule has 0 amide bonds. The zero-order valence-electron chi connectivity index (χ0n) is 13.2. The molecule has 0 saturated heterocycles. The molecule has 0 radical (unpaired) electrons. The first-order valence-corrected chi connectivity index (χ1v) is 7.50. The van der Waals surface area contributed by atoms with Gasteiger partial charge in [0.1, 0.15) is 17.3 Å². The standard InChI is InChI=1S/C17H19FN2O2S/c1-11(13-10-12(21-2)8-9-16(13)22-3)19-17(23)20-15-7-5-4-6-14(15)18/h4-11H,1-3H3,(H2,19,20,23). The van der Waals surface area contributed by atoms with Crippen molar-refractivity contribution < 1.29 is 13.9 Å². The number of benzene rings is 2. The number of hydrogen-bond donors (Lipinski definition) is 2. The van der Waals surface area contributed by atoms with Crippen LogP contribution in [0.3, 0.4) is 0 Å². The number of methoxy groups -OCH3 is 2. The van der Waals surface area contributed by atoms with Gasteiger partial charge in [-0.25, -0.2) is 4.39 Å². The van der Waals surface area contributed by atoms with Crippen molar-refractivity contribution >= 4 is 23.0 Å². The Hall–Kier alpha value is -2.34. The zero-order chi connectivity index (χ0) is 16.8. The topological polar surface area (TPSA) is 42.5 Å². The van der Waals surface area contributed by atoms with Crippen LogP contribution in [0.1, 0.15) is 18.5 Å². The van der Waals surface area contributed by atoms with E-state index in [1.54, 1.807) is 32.4 Å². The molecule has 0 heterocycles. The zero-order valence-corrected chi connectivity index (χ0v) is 14.0. The summed E-state index contributed by atoms with van der Waals surface area (Å²) in [7, 11) is 3.21. The molecule has 2 aromatic rings. The highest BCUT2D eigenvalue weighted by Crippen LogP contribution is 2.29. The largest absolute Gasteiger partial charge is 0.497 e. The average molecular weight is 334 g/mol. The van der Waals surface area contributed by atoms with Crippen molar-refractivity contribution in [1.29, 1.82) is 0 Å². The highest BCUT2D eigenvalue weighted by atomic mass is 32.1. The molecule has 0 aliphatic heterocycles. The lowest BCUT2D eigenvalue weighted by Gasteiger charge is -2.20. The summed E-state index contributed by atoms with van der Waals surface area (Å²) >= 11 is 5.25. The van der Waals surface area contributed by atoms with E-state index >= 15 is 0 Å². The van der Waals surface area contributed by atoms with Gasteiger partial charge in [0.25, 0.3) is 0 Å². The van der Waals surface area contributed by atoms with Gasteiger partial charge < -0.3 is 20.1 Å². The third kappa shape index (κ3) is 4.32. The monoisotopic (exact) mass is 334 g/mol. The fourth-order valence-electron chi connectivity index (χ4n) is 2.17. The van der Waals surface area contributed by atoms with Crippen LogP contribution in [-0.4, -0.2) is 19.3 Å². The van der Waals surface area contributed by atoms with Crippen LogP contribution < -0.4 is 20.1 Å². The van der Waals surface area contributed by atoms with Crippen LogP contribution >= 0.6 is 12.2 Å². The minimum Gasteiger partial charge on any atom is -0.497 e. The van der Waals surface area contributed by atoms with E-state index in [2.05, 4.69) is 10.6 Å². The quantitative estimate of drug-likeness (QED) is 0.812. The molecular formula is C17H19FN2O2S. The molecular weight excluding hydrogens is 315 g/mol. The van der Waals surface area contributed by atoms with Crippen molar-refractivity contribution in [2.24, 2.45) is 0 Å². The Balaban J connectivity index is 2.10. The SMILES string of the molecule is COc1ccc(OC)c(C(C)NC(=S)Nc2ccccc2F)c1. The van der Waals surface area contributed by atoms with Crippen molar-refractivity contribution in [1.82, 2.24) is 5.32 Å². The van der Waals surface area contributed by atoms with Crippen LogP contribution in [0.2, 0.25) is 0 Å². The number of halogens is 1. The first-order chi connectivity index (χ1) is 11.0. The minimum absolute atomic E-state index is 0.146. The molecule has 0 fully saturated rings. The van der Waals surface area contributed by atoms with Crippen LogP contribution in [0.15, 0.2) is 42.5 Å². The number of rotatable bonds is 5. The molecule has 23 heavy (non-hydrogen) atoms. The Labute approximate surface area is 140 Å².